The lowest BCUT2D eigenvalue weighted by atomic mass is 9.70. The molecular formula is C21H23N5O2. The number of amides is 1. The first-order valence-corrected chi connectivity index (χ1v) is 9.77. The highest BCUT2D eigenvalue weighted by Gasteiger charge is 2.57. The Morgan fingerprint density at radius 1 is 1.21 bits per heavy atom. The van der Waals surface area contributed by atoms with Crippen LogP contribution in [0.15, 0.2) is 42.6 Å². The van der Waals surface area contributed by atoms with Crippen molar-refractivity contribution in [3.8, 4) is 0 Å². The van der Waals surface area contributed by atoms with E-state index in [4.69, 9.17) is 0 Å². The van der Waals surface area contributed by atoms with Crippen molar-refractivity contribution in [3.05, 3.63) is 59.7 Å². The second-order valence-corrected chi connectivity index (χ2v) is 8.11. The molecule has 144 valence electrons. The van der Waals surface area contributed by atoms with E-state index in [2.05, 4.69) is 27.3 Å². The third-order valence-corrected chi connectivity index (χ3v) is 6.41. The van der Waals surface area contributed by atoms with Gasteiger partial charge in [-0.15, -0.1) is 10.2 Å². The van der Waals surface area contributed by atoms with Crippen LogP contribution in [0.4, 0.5) is 0 Å². The van der Waals surface area contributed by atoms with E-state index in [-0.39, 0.29) is 30.0 Å². The first kappa shape index (κ1) is 17.3. The third kappa shape index (κ3) is 2.53. The van der Waals surface area contributed by atoms with Gasteiger partial charge in [0, 0.05) is 29.4 Å². The summed E-state index contributed by atoms with van der Waals surface area (Å²) >= 11 is 0. The van der Waals surface area contributed by atoms with Gasteiger partial charge < -0.3 is 10.0 Å². The van der Waals surface area contributed by atoms with E-state index >= 15 is 0 Å². The molecule has 5 rings (SSSR count). The zero-order chi connectivity index (χ0) is 19.3. The largest absolute Gasteiger partial charge is 0.396 e. The summed E-state index contributed by atoms with van der Waals surface area (Å²) in [7, 11) is 0. The molecule has 2 aromatic heterocycles. The third-order valence-electron chi connectivity index (χ3n) is 6.41. The molecule has 4 heterocycles. The van der Waals surface area contributed by atoms with Gasteiger partial charge in [0.2, 0.25) is 5.82 Å². The van der Waals surface area contributed by atoms with Crippen LogP contribution in [0.5, 0.6) is 0 Å². The van der Waals surface area contributed by atoms with Gasteiger partial charge in [-0.1, -0.05) is 30.3 Å². The van der Waals surface area contributed by atoms with Crippen LogP contribution in [0.1, 0.15) is 41.1 Å². The van der Waals surface area contributed by atoms with Gasteiger partial charge in [0.15, 0.2) is 0 Å². The molecule has 3 aromatic rings. The summed E-state index contributed by atoms with van der Waals surface area (Å²) in [5.41, 5.74) is 1.74. The summed E-state index contributed by atoms with van der Waals surface area (Å²) in [6, 6.07) is 12.2. The predicted octanol–water partition coefficient (Wildman–Crippen LogP) is 2.03. The molecule has 3 atom stereocenters. The zero-order valence-electron chi connectivity index (χ0n) is 15.8. The molecule has 0 unspecified atom stereocenters. The summed E-state index contributed by atoms with van der Waals surface area (Å²) in [4.78, 5) is 19.7. The minimum Gasteiger partial charge on any atom is -0.396 e. The zero-order valence-corrected chi connectivity index (χ0v) is 15.8. The Morgan fingerprint density at radius 2 is 2.04 bits per heavy atom. The number of aryl methyl sites for hydroxylation is 1. The Balaban J connectivity index is 1.48. The smallest absolute Gasteiger partial charge is 0.292 e. The van der Waals surface area contributed by atoms with Gasteiger partial charge in [0.1, 0.15) is 0 Å². The SMILES string of the molecule is Cc1ccn2c(C(=O)N3[C@@H]4CC[C@H]3[C@](CO)(Cc3ccccc3)C4)nnc2n1. The molecule has 28 heavy (non-hydrogen) atoms. The van der Waals surface area contributed by atoms with Gasteiger partial charge in [0.05, 0.1) is 6.61 Å². The second-order valence-electron chi connectivity index (χ2n) is 8.11. The lowest BCUT2D eigenvalue weighted by Crippen LogP contribution is -2.44. The fraction of sp³-hybridized carbons (Fsp3) is 0.429. The summed E-state index contributed by atoms with van der Waals surface area (Å²) in [5, 5.41) is 18.6. The molecular weight excluding hydrogens is 354 g/mol. The molecule has 7 heteroatoms. The van der Waals surface area contributed by atoms with Gasteiger partial charge in [-0.3, -0.25) is 9.20 Å². The number of hydrogen-bond acceptors (Lipinski definition) is 5. The molecule has 0 spiro atoms. The van der Waals surface area contributed by atoms with E-state index in [0.29, 0.717) is 11.6 Å². The number of aromatic nitrogens is 4. The maximum atomic E-state index is 13.4. The van der Waals surface area contributed by atoms with Crippen molar-refractivity contribution in [3.63, 3.8) is 0 Å². The number of carbonyl (C=O) groups is 1. The predicted molar refractivity (Wildman–Crippen MR) is 103 cm³/mol. The van der Waals surface area contributed by atoms with Crippen LogP contribution in [0.25, 0.3) is 5.78 Å². The van der Waals surface area contributed by atoms with E-state index in [1.807, 2.05) is 36.1 Å². The van der Waals surface area contributed by atoms with Crippen molar-refractivity contribution in [1.29, 1.82) is 0 Å². The molecule has 2 aliphatic heterocycles. The van der Waals surface area contributed by atoms with E-state index < -0.39 is 0 Å². The van der Waals surface area contributed by atoms with Gasteiger partial charge in [0.25, 0.3) is 11.7 Å². The van der Waals surface area contributed by atoms with E-state index in [9.17, 15) is 9.90 Å². The monoisotopic (exact) mass is 377 g/mol. The lowest BCUT2D eigenvalue weighted by Gasteiger charge is -2.36. The molecule has 1 aromatic carbocycles. The normalized spacial score (nSPS) is 26.3. The topological polar surface area (TPSA) is 83.6 Å². The number of aliphatic hydroxyl groups is 1. The molecule has 0 saturated carbocycles. The van der Waals surface area contributed by atoms with Gasteiger partial charge in [-0.05, 0) is 44.2 Å². The molecule has 2 aliphatic rings. The molecule has 0 aliphatic carbocycles. The standard InChI is InChI=1S/C21H23N5O2/c1-14-9-10-25-18(23-24-20(25)22-14)19(28)26-16-7-8-17(26)21(12-16,13-27)11-15-5-3-2-4-6-15/h2-6,9-10,16-17,27H,7-8,11-13H2,1H3/t16-,17+,21-/m1/s1. The fourth-order valence-electron chi connectivity index (χ4n) is 5.15. The van der Waals surface area contributed by atoms with Crippen LogP contribution in [0, 0.1) is 12.3 Å². The number of aliphatic hydroxyl groups excluding tert-OH is 1. The molecule has 1 N–H and O–H groups in total. The van der Waals surface area contributed by atoms with Crippen LogP contribution >= 0.6 is 0 Å². The minimum absolute atomic E-state index is 0.0148. The summed E-state index contributed by atoms with van der Waals surface area (Å²) in [6.45, 7) is 1.96. The molecule has 2 fully saturated rings. The van der Waals surface area contributed by atoms with Crippen LogP contribution in [-0.4, -0.2) is 54.2 Å². The van der Waals surface area contributed by atoms with Crippen molar-refractivity contribution >= 4 is 11.7 Å². The van der Waals surface area contributed by atoms with Gasteiger partial charge in [-0.25, -0.2) is 4.98 Å². The van der Waals surface area contributed by atoms with E-state index in [0.717, 1.165) is 31.4 Å². The Kier molecular flexibility index (Phi) is 3.94. The maximum Gasteiger partial charge on any atom is 0.292 e. The fourth-order valence-corrected chi connectivity index (χ4v) is 5.15. The molecule has 0 radical (unpaired) electrons. The summed E-state index contributed by atoms with van der Waals surface area (Å²) in [5.74, 6) is 0.620. The number of carbonyl (C=O) groups excluding carboxylic acids is 1. The van der Waals surface area contributed by atoms with Crippen molar-refractivity contribution in [2.24, 2.45) is 5.41 Å². The quantitative estimate of drug-likeness (QED) is 0.752. The van der Waals surface area contributed by atoms with Crippen LogP contribution in [0.2, 0.25) is 0 Å². The highest BCUT2D eigenvalue weighted by atomic mass is 16.3. The summed E-state index contributed by atoms with van der Waals surface area (Å²) < 4.78 is 1.66. The molecule has 2 saturated heterocycles. The Hall–Kier alpha value is -2.80. The highest BCUT2D eigenvalue weighted by Crippen LogP contribution is 2.51. The average molecular weight is 377 g/mol. The number of nitrogens with zero attached hydrogens (tertiary/aromatic N) is 5. The first-order chi connectivity index (χ1) is 13.6. The Labute approximate surface area is 163 Å². The highest BCUT2D eigenvalue weighted by molar-refractivity contribution is 5.92. The van der Waals surface area contributed by atoms with Crippen molar-refractivity contribution in [2.75, 3.05) is 6.61 Å². The van der Waals surface area contributed by atoms with Crippen LogP contribution in [0.3, 0.4) is 0 Å². The maximum absolute atomic E-state index is 13.4. The van der Waals surface area contributed by atoms with Crippen LogP contribution in [-0.2, 0) is 6.42 Å². The van der Waals surface area contributed by atoms with Crippen molar-refractivity contribution in [1.82, 2.24) is 24.5 Å². The lowest BCUT2D eigenvalue weighted by molar-refractivity contribution is 0.0560. The van der Waals surface area contributed by atoms with Gasteiger partial charge >= 0.3 is 0 Å². The minimum atomic E-state index is -0.296. The Morgan fingerprint density at radius 3 is 2.82 bits per heavy atom. The number of fused-ring (bicyclic) bond motifs is 3. The summed E-state index contributed by atoms with van der Waals surface area (Å²) in [6.07, 6.45) is 5.28. The van der Waals surface area contributed by atoms with Crippen molar-refractivity contribution in [2.45, 2.75) is 44.7 Å². The Bertz CT molecular complexity index is 1030. The number of rotatable bonds is 4. The number of hydrogen-bond donors (Lipinski definition) is 1. The molecule has 2 bridgehead atoms. The van der Waals surface area contributed by atoms with Gasteiger partial charge in [-0.2, -0.15) is 0 Å². The van der Waals surface area contributed by atoms with E-state index in [1.165, 1.54) is 5.56 Å². The number of benzene rings is 1. The first-order valence-electron chi connectivity index (χ1n) is 9.77. The molecule has 1 amide bonds. The van der Waals surface area contributed by atoms with E-state index in [1.54, 1.807) is 10.6 Å². The average Bonchev–Trinajstić information content (AvgIpc) is 3.39. The molecule has 7 nitrogen and oxygen atoms in total. The second kappa shape index (κ2) is 6.38. The van der Waals surface area contributed by atoms with Crippen molar-refractivity contribution < 1.29 is 9.90 Å². The van der Waals surface area contributed by atoms with Crippen LogP contribution < -0.4 is 0 Å².